The Morgan fingerprint density at radius 1 is 1.67 bits per heavy atom. The highest BCUT2D eigenvalue weighted by molar-refractivity contribution is 7.99. The molecule has 6 heteroatoms. The average Bonchev–Trinajstić information content (AvgIpc) is 2.47. The molecule has 5 nitrogen and oxygen atoms in total. The van der Waals surface area contributed by atoms with E-state index in [0.717, 1.165) is 6.54 Å². The standard InChI is InChI=1S/C6H12N4OS/c1-4(12-2)3-8-6-10-9-5(7)11-6/h4H,3H2,1-2H3,(H2,7,9)(H,8,10). The lowest BCUT2D eigenvalue weighted by atomic mass is 10.5. The van der Waals surface area contributed by atoms with E-state index in [4.69, 9.17) is 10.2 Å². The Morgan fingerprint density at radius 3 is 2.92 bits per heavy atom. The molecule has 0 aromatic carbocycles. The Morgan fingerprint density at radius 2 is 2.42 bits per heavy atom. The van der Waals surface area contributed by atoms with Crippen molar-refractivity contribution in [1.82, 2.24) is 10.2 Å². The van der Waals surface area contributed by atoms with Gasteiger partial charge in [0.2, 0.25) is 0 Å². The molecule has 0 saturated heterocycles. The zero-order valence-corrected chi connectivity index (χ0v) is 7.89. The quantitative estimate of drug-likeness (QED) is 0.728. The number of thioether (sulfide) groups is 1. The summed E-state index contributed by atoms with van der Waals surface area (Å²) in [5.74, 6) is 0. The third kappa shape index (κ3) is 2.61. The number of rotatable bonds is 4. The lowest BCUT2D eigenvalue weighted by molar-refractivity contribution is 0.586. The SMILES string of the molecule is CSC(C)CNc1nnc(N)o1. The van der Waals surface area contributed by atoms with Crippen LogP contribution in [0.2, 0.25) is 0 Å². The Balaban J connectivity index is 2.33. The summed E-state index contributed by atoms with van der Waals surface area (Å²) in [6, 6.07) is 0.475. The minimum Gasteiger partial charge on any atom is -0.390 e. The molecule has 0 aliphatic carbocycles. The smallest absolute Gasteiger partial charge is 0.316 e. The van der Waals surface area contributed by atoms with Crippen LogP contribution in [0.3, 0.4) is 0 Å². The summed E-state index contributed by atoms with van der Waals surface area (Å²) < 4.78 is 4.91. The first-order valence-electron chi connectivity index (χ1n) is 3.58. The van der Waals surface area contributed by atoms with Gasteiger partial charge >= 0.3 is 12.0 Å². The molecule has 12 heavy (non-hydrogen) atoms. The molecule has 1 heterocycles. The molecule has 0 fully saturated rings. The summed E-state index contributed by atoms with van der Waals surface area (Å²) in [7, 11) is 0. The maximum absolute atomic E-state index is 5.23. The van der Waals surface area contributed by atoms with Gasteiger partial charge in [0.25, 0.3) is 0 Å². The van der Waals surface area contributed by atoms with Crippen LogP contribution in [-0.2, 0) is 0 Å². The second-order valence-corrected chi connectivity index (χ2v) is 3.65. The predicted molar refractivity (Wildman–Crippen MR) is 50.2 cm³/mol. The average molecular weight is 188 g/mol. The van der Waals surface area contributed by atoms with Crippen molar-refractivity contribution in [2.45, 2.75) is 12.2 Å². The van der Waals surface area contributed by atoms with Gasteiger partial charge < -0.3 is 15.5 Å². The second kappa shape index (κ2) is 4.20. The van der Waals surface area contributed by atoms with Crippen molar-refractivity contribution < 1.29 is 4.42 Å². The van der Waals surface area contributed by atoms with Gasteiger partial charge in [-0.25, -0.2) is 0 Å². The number of nitrogens with two attached hydrogens (primary N) is 1. The lowest BCUT2D eigenvalue weighted by Gasteiger charge is -2.06. The van der Waals surface area contributed by atoms with E-state index in [1.165, 1.54) is 0 Å². The fourth-order valence-corrected chi connectivity index (χ4v) is 0.870. The molecule has 1 atom stereocenters. The van der Waals surface area contributed by atoms with Crippen molar-refractivity contribution >= 4 is 23.8 Å². The summed E-state index contributed by atoms with van der Waals surface area (Å²) >= 11 is 1.77. The zero-order chi connectivity index (χ0) is 8.97. The van der Waals surface area contributed by atoms with Crippen molar-refractivity contribution in [2.24, 2.45) is 0 Å². The highest BCUT2D eigenvalue weighted by Crippen LogP contribution is 2.09. The number of anilines is 2. The van der Waals surface area contributed by atoms with Gasteiger partial charge in [-0.3, -0.25) is 0 Å². The molecule has 68 valence electrons. The number of hydrogen-bond donors (Lipinski definition) is 2. The van der Waals surface area contributed by atoms with Gasteiger partial charge in [0.1, 0.15) is 0 Å². The van der Waals surface area contributed by atoms with Crippen molar-refractivity contribution in [3.05, 3.63) is 0 Å². The lowest BCUT2D eigenvalue weighted by Crippen LogP contribution is -2.12. The molecular formula is C6H12N4OS. The second-order valence-electron chi connectivity index (χ2n) is 2.37. The minimum absolute atomic E-state index is 0.0919. The van der Waals surface area contributed by atoms with Crippen LogP contribution in [0.5, 0.6) is 0 Å². The maximum atomic E-state index is 5.23. The Bertz CT molecular complexity index is 239. The van der Waals surface area contributed by atoms with Crippen molar-refractivity contribution in [1.29, 1.82) is 0 Å². The fraction of sp³-hybridized carbons (Fsp3) is 0.667. The van der Waals surface area contributed by atoms with Crippen LogP contribution in [-0.4, -0.2) is 28.2 Å². The van der Waals surface area contributed by atoms with Crippen molar-refractivity contribution in [2.75, 3.05) is 23.9 Å². The van der Waals surface area contributed by atoms with Crippen molar-refractivity contribution in [3.8, 4) is 0 Å². The molecule has 1 aromatic heterocycles. The van der Waals surface area contributed by atoms with Gasteiger partial charge in [-0.15, -0.1) is 0 Å². The first-order valence-corrected chi connectivity index (χ1v) is 4.87. The van der Waals surface area contributed by atoms with E-state index in [1.54, 1.807) is 11.8 Å². The van der Waals surface area contributed by atoms with Gasteiger partial charge in [0.05, 0.1) is 0 Å². The van der Waals surface area contributed by atoms with Crippen LogP contribution >= 0.6 is 11.8 Å². The van der Waals surface area contributed by atoms with Crippen LogP contribution in [0.4, 0.5) is 12.0 Å². The van der Waals surface area contributed by atoms with Crippen LogP contribution in [0.15, 0.2) is 4.42 Å². The first-order chi connectivity index (χ1) is 5.72. The van der Waals surface area contributed by atoms with E-state index in [-0.39, 0.29) is 6.01 Å². The normalized spacial score (nSPS) is 12.8. The summed E-state index contributed by atoms with van der Waals surface area (Å²) in [4.78, 5) is 0. The molecule has 0 bridgehead atoms. The molecule has 0 saturated carbocycles. The Labute approximate surface area is 75.1 Å². The molecule has 1 rings (SSSR count). The van der Waals surface area contributed by atoms with E-state index in [0.29, 0.717) is 11.3 Å². The summed E-state index contributed by atoms with van der Waals surface area (Å²) in [5, 5.41) is 10.7. The monoisotopic (exact) mass is 188 g/mol. The van der Waals surface area contributed by atoms with E-state index in [9.17, 15) is 0 Å². The molecular weight excluding hydrogens is 176 g/mol. The first kappa shape index (κ1) is 9.18. The molecule has 3 N–H and O–H groups in total. The number of nitrogen functional groups attached to an aromatic ring is 1. The molecule has 0 aliphatic rings. The van der Waals surface area contributed by atoms with E-state index < -0.39 is 0 Å². The molecule has 0 amide bonds. The van der Waals surface area contributed by atoms with Crippen molar-refractivity contribution in [3.63, 3.8) is 0 Å². The third-order valence-corrected chi connectivity index (χ3v) is 2.36. The van der Waals surface area contributed by atoms with Gasteiger partial charge in [0.15, 0.2) is 0 Å². The van der Waals surface area contributed by atoms with Crippen LogP contribution in [0.1, 0.15) is 6.92 Å². The van der Waals surface area contributed by atoms with E-state index >= 15 is 0 Å². The van der Waals surface area contributed by atoms with Gasteiger partial charge in [0, 0.05) is 11.8 Å². The van der Waals surface area contributed by atoms with Gasteiger partial charge in [-0.1, -0.05) is 17.1 Å². The third-order valence-electron chi connectivity index (χ3n) is 1.38. The summed E-state index contributed by atoms with van der Waals surface area (Å²) in [5.41, 5.74) is 5.23. The molecule has 0 aliphatic heterocycles. The highest BCUT2D eigenvalue weighted by Gasteiger charge is 2.03. The molecule has 0 radical (unpaired) electrons. The number of aromatic nitrogens is 2. The fourth-order valence-electron chi connectivity index (χ4n) is 0.620. The summed E-state index contributed by atoms with van der Waals surface area (Å²) in [6.45, 7) is 2.90. The Hall–Kier alpha value is -0.910. The topological polar surface area (TPSA) is 77.0 Å². The number of nitrogens with zero attached hydrogens (tertiary/aromatic N) is 2. The van der Waals surface area contributed by atoms with E-state index in [1.807, 2.05) is 0 Å². The maximum Gasteiger partial charge on any atom is 0.316 e. The predicted octanol–water partition coefficient (Wildman–Crippen LogP) is 0.815. The highest BCUT2D eigenvalue weighted by atomic mass is 32.2. The van der Waals surface area contributed by atoms with Crippen LogP contribution < -0.4 is 11.1 Å². The van der Waals surface area contributed by atoms with Gasteiger partial charge in [-0.2, -0.15) is 11.8 Å². The number of nitrogens with one attached hydrogen (secondary N) is 1. The van der Waals surface area contributed by atoms with E-state index in [2.05, 4.69) is 28.7 Å². The molecule has 1 aromatic rings. The summed E-state index contributed by atoms with van der Waals surface area (Å²) in [6.07, 6.45) is 2.05. The minimum atomic E-state index is 0.0919. The van der Waals surface area contributed by atoms with Gasteiger partial charge in [-0.05, 0) is 6.26 Å². The number of hydrogen-bond acceptors (Lipinski definition) is 6. The Kier molecular flexibility index (Phi) is 3.21. The molecule has 0 spiro atoms. The zero-order valence-electron chi connectivity index (χ0n) is 7.07. The largest absolute Gasteiger partial charge is 0.390 e. The molecule has 1 unspecified atom stereocenters. The van der Waals surface area contributed by atoms with Crippen LogP contribution in [0, 0.1) is 0 Å². The van der Waals surface area contributed by atoms with Crippen LogP contribution in [0.25, 0.3) is 0 Å².